The highest BCUT2D eigenvalue weighted by Crippen LogP contribution is 2.27. The Balaban J connectivity index is 1.65. The molecule has 0 saturated heterocycles. The molecule has 0 spiro atoms. The monoisotopic (exact) mass is 384 g/mol. The van der Waals surface area contributed by atoms with Gasteiger partial charge in [-0.1, -0.05) is 30.3 Å². The molecule has 0 amide bonds. The number of hydrogen-bond donors (Lipinski definition) is 1. The van der Waals surface area contributed by atoms with Crippen molar-refractivity contribution < 1.29 is 14.3 Å². The largest absolute Gasteiger partial charge is 0.454 e. The van der Waals surface area contributed by atoms with Gasteiger partial charge in [-0.2, -0.15) is 0 Å². The van der Waals surface area contributed by atoms with Gasteiger partial charge >= 0.3 is 5.97 Å². The van der Waals surface area contributed by atoms with Crippen LogP contribution in [0.25, 0.3) is 10.2 Å². The molecule has 0 saturated carbocycles. The number of rotatable bonds is 6. The van der Waals surface area contributed by atoms with E-state index in [-0.39, 0.29) is 24.2 Å². The van der Waals surface area contributed by atoms with Crippen molar-refractivity contribution in [1.82, 2.24) is 9.97 Å². The highest BCUT2D eigenvalue weighted by Gasteiger charge is 2.19. The van der Waals surface area contributed by atoms with Gasteiger partial charge in [-0.05, 0) is 26.3 Å². The van der Waals surface area contributed by atoms with Gasteiger partial charge in [0.2, 0.25) is 0 Å². The minimum atomic E-state index is -0.705. The van der Waals surface area contributed by atoms with Gasteiger partial charge in [0.05, 0.1) is 11.8 Å². The minimum Gasteiger partial charge on any atom is -0.454 e. The fraction of sp³-hybridized carbons (Fsp3) is 0.300. The number of thiophene rings is 1. The molecule has 140 valence electrons. The third-order valence-electron chi connectivity index (χ3n) is 4.40. The van der Waals surface area contributed by atoms with Crippen molar-refractivity contribution >= 4 is 33.3 Å². The van der Waals surface area contributed by atoms with Crippen LogP contribution in [0.2, 0.25) is 0 Å². The molecule has 1 aromatic carbocycles. The maximum Gasteiger partial charge on any atom is 0.306 e. The summed E-state index contributed by atoms with van der Waals surface area (Å²) in [4.78, 5) is 45.3. The number of ether oxygens (including phenoxy) is 1. The van der Waals surface area contributed by atoms with Gasteiger partial charge in [0.25, 0.3) is 5.56 Å². The Morgan fingerprint density at radius 1 is 1.19 bits per heavy atom. The number of aromatic amines is 1. The standard InChI is InChI=1S/C20H20N2O4S/c1-11-13(3)27-20-17(11)19(25)21-18(22-20)12(2)26-16(24)10-9-15(23)14-7-5-4-6-8-14/h4-8,12H,9-10H2,1-3H3,(H,21,22,25)/t12-/m1/s1. The highest BCUT2D eigenvalue weighted by atomic mass is 32.1. The summed E-state index contributed by atoms with van der Waals surface area (Å²) in [7, 11) is 0. The molecular weight excluding hydrogens is 364 g/mol. The molecule has 0 aliphatic heterocycles. The molecule has 0 fully saturated rings. The molecule has 6 nitrogen and oxygen atoms in total. The Kier molecular flexibility index (Phi) is 5.51. The lowest BCUT2D eigenvalue weighted by molar-refractivity contribution is -0.148. The molecule has 2 heterocycles. The number of hydrogen-bond acceptors (Lipinski definition) is 6. The Morgan fingerprint density at radius 3 is 2.59 bits per heavy atom. The molecule has 1 N–H and O–H groups in total. The fourth-order valence-electron chi connectivity index (χ4n) is 2.76. The van der Waals surface area contributed by atoms with Crippen molar-refractivity contribution in [2.24, 2.45) is 0 Å². The number of benzene rings is 1. The number of aryl methyl sites for hydroxylation is 2. The van der Waals surface area contributed by atoms with E-state index >= 15 is 0 Å². The summed E-state index contributed by atoms with van der Waals surface area (Å²) in [5.41, 5.74) is 1.25. The number of esters is 1. The van der Waals surface area contributed by atoms with Crippen LogP contribution in [0.3, 0.4) is 0 Å². The van der Waals surface area contributed by atoms with Gasteiger partial charge < -0.3 is 9.72 Å². The van der Waals surface area contributed by atoms with Gasteiger partial charge in [0.1, 0.15) is 4.83 Å². The number of Topliss-reactive ketones (excluding diaryl/α,β-unsaturated/α-hetero) is 1. The van der Waals surface area contributed by atoms with Crippen molar-refractivity contribution in [1.29, 1.82) is 0 Å². The van der Waals surface area contributed by atoms with E-state index in [1.165, 1.54) is 11.3 Å². The van der Waals surface area contributed by atoms with Crippen molar-refractivity contribution in [2.45, 2.75) is 39.7 Å². The first-order chi connectivity index (χ1) is 12.9. The number of H-pyrrole nitrogens is 1. The summed E-state index contributed by atoms with van der Waals surface area (Å²) < 4.78 is 5.34. The van der Waals surface area contributed by atoms with Crippen molar-refractivity contribution in [3.05, 3.63) is 62.5 Å². The van der Waals surface area contributed by atoms with Gasteiger partial charge in [-0.15, -0.1) is 11.3 Å². The van der Waals surface area contributed by atoms with Crippen LogP contribution in [0.15, 0.2) is 35.1 Å². The van der Waals surface area contributed by atoms with Gasteiger partial charge in [-0.25, -0.2) is 4.98 Å². The lowest BCUT2D eigenvalue weighted by Gasteiger charge is -2.12. The number of carbonyl (C=O) groups is 2. The number of nitrogens with one attached hydrogen (secondary N) is 1. The van der Waals surface area contributed by atoms with Crippen molar-refractivity contribution in [3.63, 3.8) is 0 Å². The van der Waals surface area contributed by atoms with Gasteiger partial charge in [0.15, 0.2) is 17.7 Å². The van der Waals surface area contributed by atoms with E-state index in [9.17, 15) is 14.4 Å². The molecule has 2 aromatic heterocycles. The summed E-state index contributed by atoms with van der Waals surface area (Å²) >= 11 is 1.44. The second-order valence-corrected chi connectivity index (χ2v) is 7.54. The zero-order chi connectivity index (χ0) is 19.6. The van der Waals surface area contributed by atoms with E-state index in [1.54, 1.807) is 31.2 Å². The molecule has 27 heavy (non-hydrogen) atoms. The fourth-order valence-corrected chi connectivity index (χ4v) is 3.80. The predicted molar refractivity (Wildman–Crippen MR) is 104 cm³/mol. The molecule has 1 atom stereocenters. The zero-order valence-corrected chi connectivity index (χ0v) is 16.2. The SMILES string of the molecule is Cc1sc2nc([C@@H](C)OC(=O)CCC(=O)c3ccccc3)[nH]c(=O)c2c1C. The first kappa shape index (κ1) is 19.0. The Labute approximate surface area is 160 Å². The number of aromatic nitrogens is 2. The minimum absolute atomic E-state index is 0.0260. The van der Waals surface area contributed by atoms with E-state index in [1.807, 2.05) is 19.9 Å². The van der Waals surface area contributed by atoms with E-state index < -0.39 is 12.1 Å². The molecular formula is C20H20N2O4S. The Hall–Kier alpha value is -2.80. The third kappa shape index (κ3) is 4.14. The maximum absolute atomic E-state index is 12.3. The maximum atomic E-state index is 12.3. The molecule has 3 aromatic rings. The van der Waals surface area contributed by atoms with Crippen LogP contribution in [-0.2, 0) is 9.53 Å². The van der Waals surface area contributed by atoms with Crippen molar-refractivity contribution in [3.8, 4) is 0 Å². The summed E-state index contributed by atoms with van der Waals surface area (Å²) in [6.45, 7) is 5.47. The van der Waals surface area contributed by atoms with Crippen LogP contribution < -0.4 is 5.56 Å². The number of fused-ring (bicyclic) bond motifs is 1. The highest BCUT2D eigenvalue weighted by molar-refractivity contribution is 7.18. The Morgan fingerprint density at radius 2 is 1.89 bits per heavy atom. The summed E-state index contributed by atoms with van der Waals surface area (Å²) in [6.07, 6.45) is -0.659. The molecule has 3 rings (SSSR count). The van der Waals surface area contributed by atoms with Crippen LogP contribution in [0.4, 0.5) is 0 Å². The number of ketones is 1. The van der Waals surface area contributed by atoms with Crippen LogP contribution in [0.5, 0.6) is 0 Å². The van der Waals surface area contributed by atoms with E-state index in [4.69, 9.17) is 4.74 Å². The molecule has 0 unspecified atom stereocenters. The molecule has 0 bridgehead atoms. The second-order valence-electron chi connectivity index (χ2n) is 6.34. The first-order valence-electron chi connectivity index (χ1n) is 8.64. The average Bonchev–Trinajstić information content (AvgIpc) is 2.94. The van der Waals surface area contributed by atoms with Crippen LogP contribution in [-0.4, -0.2) is 21.7 Å². The molecule has 7 heteroatoms. The first-order valence-corrected chi connectivity index (χ1v) is 9.46. The quantitative estimate of drug-likeness (QED) is 0.515. The zero-order valence-electron chi connectivity index (χ0n) is 15.4. The van der Waals surface area contributed by atoms with E-state index in [2.05, 4.69) is 9.97 Å². The van der Waals surface area contributed by atoms with Gasteiger partial charge in [-0.3, -0.25) is 14.4 Å². The van der Waals surface area contributed by atoms with Crippen LogP contribution in [0.1, 0.15) is 52.5 Å². The average molecular weight is 384 g/mol. The third-order valence-corrected chi connectivity index (χ3v) is 5.50. The summed E-state index contributed by atoms with van der Waals surface area (Å²) in [6, 6.07) is 8.81. The lowest BCUT2D eigenvalue weighted by Crippen LogP contribution is -2.17. The van der Waals surface area contributed by atoms with Gasteiger partial charge in [0, 0.05) is 16.9 Å². The number of carbonyl (C=O) groups excluding carboxylic acids is 2. The van der Waals surface area contributed by atoms with E-state index in [0.717, 1.165) is 10.4 Å². The molecule has 0 radical (unpaired) electrons. The lowest BCUT2D eigenvalue weighted by atomic mass is 10.1. The molecule has 0 aliphatic carbocycles. The Bertz CT molecular complexity index is 1050. The van der Waals surface area contributed by atoms with Crippen molar-refractivity contribution in [2.75, 3.05) is 0 Å². The molecule has 0 aliphatic rings. The van der Waals surface area contributed by atoms with E-state index in [0.29, 0.717) is 21.6 Å². The second kappa shape index (κ2) is 7.84. The number of nitrogens with zero attached hydrogens (tertiary/aromatic N) is 1. The summed E-state index contributed by atoms with van der Waals surface area (Å²) in [5, 5.41) is 0.577. The smallest absolute Gasteiger partial charge is 0.306 e. The van der Waals surface area contributed by atoms with Crippen LogP contribution >= 0.6 is 11.3 Å². The normalized spacial score (nSPS) is 12.1. The summed E-state index contributed by atoms with van der Waals surface area (Å²) in [5.74, 6) is -0.317. The topological polar surface area (TPSA) is 89.1 Å². The van der Waals surface area contributed by atoms with Crippen LogP contribution in [0, 0.1) is 13.8 Å². The predicted octanol–water partition coefficient (Wildman–Crippen LogP) is 3.87.